The average molecular weight is 588 g/mol. The van der Waals surface area contributed by atoms with Gasteiger partial charge < -0.3 is 9.32 Å². The highest BCUT2D eigenvalue weighted by Crippen LogP contribution is 2.53. The molecule has 0 radical (unpaired) electrons. The van der Waals surface area contributed by atoms with Crippen LogP contribution in [-0.2, 0) is 0 Å². The summed E-state index contributed by atoms with van der Waals surface area (Å²) in [6.07, 6.45) is 9.58. The second-order valence-corrected chi connectivity index (χ2v) is 12.4. The number of fused-ring (bicyclic) bond motifs is 7. The van der Waals surface area contributed by atoms with Crippen molar-refractivity contribution in [2.75, 3.05) is 4.90 Å². The molecule has 2 nitrogen and oxygen atoms in total. The molecule has 2 heterocycles. The SMILES string of the molecule is C1=C\c2oc3cccc4c3c2C(C/C=C/1)c1cc(-c2ccccc2)ccc1N4c1ccc2ccc3ccc4ccccc4c3c2c1. The summed E-state index contributed by atoms with van der Waals surface area (Å²) in [5, 5.41) is 8.81. The Bertz CT molecular complexity index is 2560. The molecule has 1 aliphatic carbocycles. The Hall–Kier alpha value is -5.86. The van der Waals surface area contributed by atoms with Crippen molar-refractivity contribution in [1.82, 2.24) is 0 Å². The van der Waals surface area contributed by atoms with Crippen LogP contribution in [0.4, 0.5) is 17.1 Å². The van der Waals surface area contributed by atoms with E-state index in [-0.39, 0.29) is 5.92 Å². The van der Waals surface area contributed by atoms with Gasteiger partial charge in [-0.15, -0.1) is 0 Å². The second-order valence-electron chi connectivity index (χ2n) is 12.4. The van der Waals surface area contributed by atoms with Crippen LogP contribution in [0.5, 0.6) is 0 Å². The topological polar surface area (TPSA) is 16.4 Å². The van der Waals surface area contributed by atoms with Gasteiger partial charge in [-0.25, -0.2) is 0 Å². The van der Waals surface area contributed by atoms with E-state index >= 15 is 0 Å². The van der Waals surface area contributed by atoms with Crippen molar-refractivity contribution in [3.63, 3.8) is 0 Å². The molecule has 7 aromatic carbocycles. The first-order valence-corrected chi connectivity index (χ1v) is 16.0. The summed E-state index contributed by atoms with van der Waals surface area (Å²) in [4.78, 5) is 2.48. The third-order valence-corrected chi connectivity index (χ3v) is 9.93. The minimum Gasteiger partial charge on any atom is -0.456 e. The molecule has 0 N–H and O–H groups in total. The maximum atomic E-state index is 6.62. The monoisotopic (exact) mass is 587 g/mol. The highest BCUT2D eigenvalue weighted by Gasteiger charge is 2.33. The van der Waals surface area contributed by atoms with Crippen LogP contribution < -0.4 is 4.90 Å². The molecule has 0 spiro atoms. The summed E-state index contributed by atoms with van der Waals surface area (Å²) in [5.41, 5.74) is 9.47. The van der Waals surface area contributed by atoms with E-state index in [0.717, 1.165) is 29.1 Å². The van der Waals surface area contributed by atoms with Crippen LogP contribution in [0.1, 0.15) is 29.2 Å². The van der Waals surface area contributed by atoms with Crippen molar-refractivity contribution in [1.29, 1.82) is 0 Å². The number of hydrogen-bond acceptors (Lipinski definition) is 2. The van der Waals surface area contributed by atoms with Gasteiger partial charge in [-0.05, 0) is 97.9 Å². The lowest BCUT2D eigenvalue weighted by Crippen LogP contribution is -2.12. The molecule has 2 heteroatoms. The van der Waals surface area contributed by atoms with Gasteiger partial charge in [-0.2, -0.15) is 0 Å². The molecule has 1 aliphatic heterocycles. The standard InChI is InChI=1S/C44H29NO/c1-3-10-28(11-4-1)32-23-25-38-37(26-32)35-14-5-2-6-16-40-43(35)44-39(15-9-17-41(44)46-40)45(38)33-24-22-30-19-21-31-20-18-29-12-7-8-13-34(29)42(31)36(30)27-33/h1-13,15-27,35H,14H2/b5-2+,16-6-. The van der Waals surface area contributed by atoms with Gasteiger partial charge in [-0.1, -0.05) is 115 Å². The zero-order valence-electron chi connectivity index (χ0n) is 25.2. The van der Waals surface area contributed by atoms with Crippen LogP contribution in [0.15, 0.2) is 156 Å². The molecule has 0 amide bonds. The van der Waals surface area contributed by atoms with E-state index in [4.69, 9.17) is 4.42 Å². The molecule has 1 atom stereocenters. The van der Waals surface area contributed by atoms with Crippen LogP contribution in [0.2, 0.25) is 0 Å². The Morgan fingerprint density at radius 1 is 0.565 bits per heavy atom. The van der Waals surface area contributed by atoms with Crippen molar-refractivity contribution in [3.05, 3.63) is 169 Å². The van der Waals surface area contributed by atoms with Crippen molar-refractivity contribution >= 4 is 66.4 Å². The summed E-state index contributed by atoms with van der Waals surface area (Å²) in [7, 11) is 0. The fourth-order valence-corrected chi connectivity index (χ4v) is 7.87. The number of allylic oxidation sites excluding steroid dienone is 3. The van der Waals surface area contributed by atoms with Gasteiger partial charge in [0.15, 0.2) is 0 Å². The molecule has 0 fully saturated rings. The Labute approximate surface area is 267 Å². The zero-order chi connectivity index (χ0) is 30.2. The maximum absolute atomic E-state index is 6.62. The van der Waals surface area contributed by atoms with E-state index < -0.39 is 0 Å². The number of anilines is 3. The fourth-order valence-electron chi connectivity index (χ4n) is 7.87. The quantitative estimate of drug-likeness (QED) is 0.187. The van der Waals surface area contributed by atoms with Crippen molar-refractivity contribution in [2.45, 2.75) is 12.3 Å². The summed E-state index contributed by atoms with van der Waals surface area (Å²) < 4.78 is 6.62. The predicted molar refractivity (Wildman–Crippen MR) is 193 cm³/mol. The molecule has 2 aliphatic rings. The molecule has 0 bridgehead atoms. The molecule has 46 heavy (non-hydrogen) atoms. The molecule has 216 valence electrons. The van der Waals surface area contributed by atoms with Crippen LogP contribution in [0, 0.1) is 0 Å². The van der Waals surface area contributed by atoms with E-state index in [1.54, 1.807) is 0 Å². The minimum atomic E-state index is 0.146. The van der Waals surface area contributed by atoms with E-state index in [2.05, 4.69) is 163 Å². The van der Waals surface area contributed by atoms with E-state index in [1.165, 1.54) is 65.6 Å². The molecule has 1 aromatic heterocycles. The van der Waals surface area contributed by atoms with Gasteiger partial charge in [0.1, 0.15) is 11.3 Å². The van der Waals surface area contributed by atoms with E-state index in [1.807, 2.05) is 0 Å². The summed E-state index contributed by atoms with van der Waals surface area (Å²) in [5.74, 6) is 1.10. The molecule has 10 rings (SSSR count). The lowest BCUT2D eigenvalue weighted by molar-refractivity contribution is 0.593. The predicted octanol–water partition coefficient (Wildman–Crippen LogP) is 12.4. The Kier molecular flexibility index (Phi) is 5.44. The lowest BCUT2D eigenvalue weighted by atomic mass is 9.84. The molecular weight excluding hydrogens is 558 g/mol. The second kappa shape index (κ2) is 9.82. The largest absolute Gasteiger partial charge is 0.456 e. The van der Waals surface area contributed by atoms with Crippen molar-refractivity contribution in [3.8, 4) is 11.1 Å². The van der Waals surface area contributed by atoms with Crippen LogP contribution in [0.3, 0.4) is 0 Å². The minimum absolute atomic E-state index is 0.146. The third kappa shape index (κ3) is 3.71. The first-order chi connectivity index (χ1) is 22.8. The number of furan rings is 1. The van der Waals surface area contributed by atoms with Gasteiger partial charge in [0.05, 0.1) is 11.4 Å². The number of rotatable bonds is 2. The third-order valence-electron chi connectivity index (χ3n) is 9.93. The maximum Gasteiger partial charge on any atom is 0.137 e. The Morgan fingerprint density at radius 3 is 2.28 bits per heavy atom. The van der Waals surface area contributed by atoms with Crippen molar-refractivity contribution < 1.29 is 4.42 Å². The van der Waals surface area contributed by atoms with Gasteiger partial charge >= 0.3 is 0 Å². The lowest BCUT2D eigenvalue weighted by Gasteiger charge is -2.28. The number of nitrogens with zero attached hydrogens (tertiary/aromatic N) is 1. The number of hydrogen-bond donors (Lipinski definition) is 0. The summed E-state index contributed by atoms with van der Waals surface area (Å²) >= 11 is 0. The highest BCUT2D eigenvalue weighted by atomic mass is 16.3. The van der Waals surface area contributed by atoms with Gasteiger partial charge in [-0.3, -0.25) is 0 Å². The smallest absolute Gasteiger partial charge is 0.137 e. The molecule has 1 unspecified atom stereocenters. The zero-order valence-corrected chi connectivity index (χ0v) is 25.2. The van der Waals surface area contributed by atoms with E-state index in [9.17, 15) is 0 Å². The molecule has 0 saturated carbocycles. The van der Waals surface area contributed by atoms with Crippen LogP contribution in [0.25, 0.3) is 60.5 Å². The molecule has 0 saturated heterocycles. The average Bonchev–Trinajstić information content (AvgIpc) is 3.41. The first-order valence-electron chi connectivity index (χ1n) is 16.0. The summed E-state index contributed by atoms with van der Waals surface area (Å²) in [6, 6.07) is 49.0. The molecular formula is C44H29NO. The fraction of sp³-hybridized carbons (Fsp3) is 0.0455. The Morgan fingerprint density at radius 2 is 1.37 bits per heavy atom. The first kappa shape index (κ1) is 25.5. The van der Waals surface area contributed by atoms with Crippen LogP contribution in [-0.4, -0.2) is 0 Å². The van der Waals surface area contributed by atoms with E-state index in [0.29, 0.717) is 0 Å². The van der Waals surface area contributed by atoms with Crippen LogP contribution >= 0.6 is 0 Å². The summed E-state index contributed by atoms with van der Waals surface area (Å²) in [6.45, 7) is 0. The highest BCUT2D eigenvalue weighted by molar-refractivity contribution is 6.21. The van der Waals surface area contributed by atoms with Gasteiger partial charge in [0.2, 0.25) is 0 Å². The van der Waals surface area contributed by atoms with Gasteiger partial charge in [0, 0.05) is 22.6 Å². The van der Waals surface area contributed by atoms with Gasteiger partial charge in [0.25, 0.3) is 0 Å². The van der Waals surface area contributed by atoms with Crippen molar-refractivity contribution in [2.24, 2.45) is 0 Å². The normalized spacial score (nSPS) is 16.7. The Balaban J connectivity index is 1.31. The number of benzene rings is 7. The molecule has 8 aromatic rings.